The largest absolute Gasteiger partial charge is 0.507 e. The fraction of sp³-hybridized carbons (Fsp3) is 0.312. The van der Waals surface area contributed by atoms with E-state index in [-0.39, 0.29) is 42.6 Å². The molecule has 0 bridgehead atoms. The monoisotopic (exact) mass is 638 g/mol. The molecule has 1 aromatic heterocycles. The van der Waals surface area contributed by atoms with Crippen molar-refractivity contribution in [3.8, 4) is 5.75 Å². The van der Waals surface area contributed by atoms with Crippen molar-refractivity contribution in [2.24, 2.45) is 17.8 Å². The van der Waals surface area contributed by atoms with Crippen LogP contribution < -0.4 is 4.90 Å². The van der Waals surface area contributed by atoms with Gasteiger partial charge < -0.3 is 5.11 Å². The lowest BCUT2D eigenvalue weighted by atomic mass is 9.56. The van der Waals surface area contributed by atoms with Crippen LogP contribution in [0.1, 0.15) is 34.8 Å². The maximum absolute atomic E-state index is 14.3. The molecule has 1 saturated carbocycles. The zero-order chi connectivity index (χ0) is 30.4. The van der Waals surface area contributed by atoms with Crippen LogP contribution in [-0.4, -0.2) is 43.4 Å². The van der Waals surface area contributed by atoms with Crippen molar-refractivity contribution in [3.63, 3.8) is 0 Å². The van der Waals surface area contributed by atoms with E-state index in [1.165, 1.54) is 28.4 Å². The predicted molar refractivity (Wildman–Crippen MR) is 159 cm³/mol. The van der Waals surface area contributed by atoms with E-state index >= 15 is 0 Å². The van der Waals surface area contributed by atoms with E-state index in [2.05, 4.69) is 0 Å². The summed E-state index contributed by atoms with van der Waals surface area (Å²) in [6.07, 6.45) is 1.89. The number of alkyl halides is 2. The Bertz CT molecular complexity index is 1740. The molecular formula is C32H25Cl2FN2O5S. The molecule has 2 aromatic carbocycles. The number of carbonyl (C=O) groups excluding carboxylic acids is 4. The lowest BCUT2D eigenvalue weighted by molar-refractivity contribution is -0.141. The van der Waals surface area contributed by atoms with Gasteiger partial charge in [0.2, 0.25) is 11.8 Å². The highest BCUT2D eigenvalue weighted by molar-refractivity contribution is 7.09. The molecule has 2 saturated heterocycles. The molecule has 0 unspecified atom stereocenters. The van der Waals surface area contributed by atoms with Crippen molar-refractivity contribution in [1.82, 2.24) is 4.90 Å². The van der Waals surface area contributed by atoms with Crippen LogP contribution in [0.25, 0.3) is 0 Å². The lowest BCUT2D eigenvalue weighted by Gasteiger charge is -2.50. The molecule has 2 aliphatic heterocycles. The Morgan fingerprint density at radius 3 is 2.42 bits per heavy atom. The molecule has 3 aromatic rings. The summed E-state index contributed by atoms with van der Waals surface area (Å²) in [5.41, 5.74) is 1.51. The molecule has 1 N–H and O–H groups in total. The number of anilines is 1. The van der Waals surface area contributed by atoms with Crippen molar-refractivity contribution < 1.29 is 28.7 Å². The first-order chi connectivity index (χ1) is 20.5. The Labute approximate surface area is 260 Å². The number of thiophene rings is 1. The minimum Gasteiger partial charge on any atom is -0.507 e. The van der Waals surface area contributed by atoms with E-state index in [1.54, 1.807) is 25.1 Å². The Balaban J connectivity index is 1.39. The first-order valence-corrected chi connectivity index (χ1v) is 15.5. The number of carbonyl (C=O) groups is 4. The number of fused-ring (bicyclic) bond motifs is 4. The number of halogens is 3. The summed E-state index contributed by atoms with van der Waals surface area (Å²) in [5.74, 6) is -6.19. The minimum atomic E-state index is -2.09. The Morgan fingerprint density at radius 2 is 1.72 bits per heavy atom. The molecule has 4 amide bonds. The van der Waals surface area contributed by atoms with Crippen LogP contribution in [0.3, 0.4) is 0 Å². The number of benzene rings is 2. The van der Waals surface area contributed by atoms with E-state index in [9.17, 15) is 28.7 Å². The molecule has 2 aliphatic carbocycles. The summed E-state index contributed by atoms with van der Waals surface area (Å²) in [6, 6.07) is 13.6. The number of allylic oxidation sites excluding steroid dienone is 2. The molecule has 4 aliphatic rings. The van der Waals surface area contributed by atoms with Gasteiger partial charge in [-0.3, -0.25) is 24.1 Å². The summed E-state index contributed by atoms with van der Waals surface area (Å²) in [7, 11) is 0. The average molecular weight is 640 g/mol. The predicted octanol–water partition coefficient (Wildman–Crippen LogP) is 5.66. The van der Waals surface area contributed by atoms with Crippen LogP contribution in [-0.2, 0) is 25.7 Å². The van der Waals surface area contributed by atoms with Gasteiger partial charge in [-0.05, 0) is 67.0 Å². The number of imide groups is 2. The normalized spacial score (nSPS) is 31.7. The van der Waals surface area contributed by atoms with Gasteiger partial charge in [0.25, 0.3) is 11.8 Å². The number of hydrogen-bond acceptors (Lipinski definition) is 6. The van der Waals surface area contributed by atoms with Gasteiger partial charge in [0.05, 0.1) is 24.1 Å². The summed E-state index contributed by atoms with van der Waals surface area (Å²) in [5, 5.41) is 13.2. The number of rotatable bonds is 4. The Kier molecular flexibility index (Phi) is 6.40. The van der Waals surface area contributed by atoms with Crippen LogP contribution in [0.2, 0.25) is 0 Å². The number of amides is 4. The quantitative estimate of drug-likeness (QED) is 0.226. The third-order valence-electron chi connectivity index (χ3n) is 9.46. The smallest absolute Gasteiger partial charge is 0.258 e. The molecule has 43 heavy (non-hydrogen) atoms. The van der Waals surface area contributed by atoms with Gasteiger partial charge in [0.1, 0.15) is 11.6 Å². The number of likely N-dealkylation sites (tertiary alicyclic amines) is 1. The summed E-state index contributed by atoms with van der Waals surface area (Å²) < 4.78 is 13.8. The first-order valence-electron chi connectivity index (χ1n) is 13.9. The standard InChI is InChI=1S/C32H25Cl2FN2O5S/c1-16-4-2-6-22(26(16)38)25-20-11-12-21-24(28(40)36(27(21)39)15-19-5-3-13-43-19)23(20)14-31(33)29(41)37(30(42)32(25,31)34)18-9-7-17(35)8-10-18/h2-11,13,21,23-25,38H,12,14-15H2,1H3/t21-,23+,24-,25+,31+,32-/m0/s1. The highest BCUT2D eigenvalue weighted by Crippen LogP contribution is 2.66. The zero-order valence-electron chi connectivity index (χ0n) is 22.8. The van der Waals surface area contributed by atoms with Crippen molar-refractivity contribution in [1.29, 1.82) is 0 Å². The molecule has 7 rings (SSSR count). The van der Waals surface area contributed by atoms with E-state index in [1.807, 2.05) is 23.6 Å². The fourth-order valence-corrected chi connectivity index (χ4v) is 9.06. The van der Waals surface area contributed by atoms with Gasteiger partial charge in [-0.2, -0.15) is 0 Å². The Hall–Kier alpha value is -3.53. The second-order valence-corrected chi connectivity index (χ2v) is 13.9. The molecule has 220 valence electrons. The molecule has 11 heteroatoms. The average Bonchev–Trinajstić information content (AvgIpc) is 3.62. The summed E-state index contributed by atoms with van der Waals surface area (Å²) in [6.45, 7) is 1.85. The van der Waals surface area contributed by atoms with Gasteiger partial charge in [-0.1, -0.05) is 35.9 Å². The van der Waals surface area contributed by atoms with Crippen molar-refractivity contribution in [2.45, 2.75) is 42.0 Å². The van der Waals surface area contributed by atoms with Crippen LogP contribution in [0.4, 0.5) is 10.1 Å². The highest BCUT2D eigenvalue weighted by atomic mass is 35.5. The third kappa shape index (κ3) is 3.77. The fourth-order valence-electron chi connectivity index (χ4n) is 7.44. The second kappa shape index (κ2) is 9.74. The van der Waals surface area contributed by atoms with Crippen LogP contribution in [0, 0.1) is 30.5 Å². The number of aromatic hydroxyl groups is 1. The van der Waals surface area contributed by atoms with E-state index in [4.69, 9.17) is 23.2 Å². The van der Waals surface area contributed by atoms with E-state index in [0.717, 1.165) is 21.9 Å². The van der Waals surface area contributed by atoms with Gasteiger partial charge in [0.15, 0.2) is 9.75 Å². The molecule has 3 heterocycles. The molecule has 6 atom stereocenters. The minimum absolute atomic E-state index is 0.0992. The van der Waals surface area contributed by atoms with Gasteiger partial charge in [0, 0.05) is 16.4 Å². The molecule has 3 fully saturated rings. The Morgan fingerprint density at radius 1 is 0.977 bits per heavy atom. The molecule has 0 radical (unpaired) electrons. The number of phenolic OH excluding ortho intramolecular Hbond substituents is 1. The van der Waals surface area contributed by atoms with Crippen LogP contribution >= 0.6 is 34.5 Å². The molecular weight excluding hydrogens is 614 g/mol. The van der Waals surface area contributed by atoms with Crippen molar-refractivity contribution >= 4 is 63.9 Å². The number of phenols is 1. The number of aryl methyl sites for hydroxylation is 1. The highest BCUT2D eigenvalue weighted by Gasteiger charge is 2.76. The topological polar surface area (TPSA) is 95.0 Å². The zero-order valence-corrected chi connectivity index (χ0v) is 25.1. The number of nitrogens with zero attached hydrogens (tertiary/aromatic N) is 2. The first kappa shape index (κ1) is 28.3. The summed E-state index contributed by atoms with van der Waals surface area (Å²) in [4.78, 5) is 55.0. The SMILES string of the molecule is Cc1cccc([C@H]2C3=CC[C@@H]4C(=O)N(Cc5cccs5)C(=O)[C@@H]4[C@@H]3C[C@@]3(Cl)C(=O)N(c4ccc(F)cc4)C(=O)[C@@]23Cl)c1O. The molecule has 7 nitrogen and oxygen atoms in total. The van der Waals surface area contributed by atoms with Crippen molar-refractivity contribution in [2.75, 3.05) is 4.90 Å². The second-order valence-electron chi connectivity index (χ2n) is 11.6. The van der Waals surface area contributed by atoms with Crippen LogP contribution in [0.5, 0.6) is 5.75 Å². The molecule has 0 spiro atoms. The van der Waals surface area contributed by atoms with Gasteiger partial charge in [-0.25, -0.2) is 9.29 Å². The summed E-state index contributed by atoms with van der Waals surface area (Å²) >= 11 is 16.1. The maximum Gasteiger partial charge on any atom is 0.258 e. The van der Waals surface area contributed by atoms with Crippen LogP contribution in [0.15, 0.2) is 71.6 Å². The van der Waals surface area contributed by atoms with E-state index in [0.29, 0.717) is 16.7 Å². The van der Waals surface area contributed by atoms with Gasteiger partial charge >= 0.3 is 0 Å². The van der Waals surface area contributed by atoms with Gasteiger partial charge in [-0.15, -0.1) is 34.5 Å². The number of hydrogen-bond donors (Lipinski definition) is 1. The third-order valence-corrected chi connectivity index (χ3v) is 11.7. The maximum atomic E-state index is 14.3. The number of para-hydroxylation sites is 1. The van der Waals surface area contributed by atoms with Crippen molar-refractivity contribution in [3.05, 3.63) is 93.4 Å². The lowest BCUT2D eigenvalue weighted by Crippen LogP contribution is -2.60. The van der Waals surface area contributed by atoms with E-state index < -0.39 is 51.1 Å².